The summed E-state index contributed by atoms with van der Waals surface area (Å²) in [6.45, 7) is 4.03. The molecule has 2 aromatic carbocycles. The van der Waals surface area contributed by atoms with E-state index in [4.69, 9.17) is 4.74 Å². The molecule has 2 N–H and O–H groups in total. The van der Waals surface area contributed by atoms with Crippen molar-refractivity contribution in [2.24, 2.45) is 0 Å². The third-order valence-corrected chi connectivity index (χ3v) is 5.71. The summed E-state index contributed by atoms with van der Waals surface area (Å²) in [5.41, 5.74) is 5.72. The Morgan fingerprint density at radius 3 is 3.03 bits per heavy atom. The Morgan fingerprint density at radius 1 is 1.28 bits per heavy atom. The molecule has 0 bridgehead atoms. The quantitative estimate of drug-likeness (QED) is 0.701. The number of nitrogens with one attached hydrogen (secondary N) is 2. The SMILES string of the molecule is COc1ccc2c(c1)N(CCC/C=C/c1cccc3c1N[C@@H](C)C(=O)N3)CCC2. The van der Waals surface area contributed by atoms with Gasteiger partial charge in [0.25, 0.3) is 0 Å². The number of amides is 1. The van der Waals surface area contributed by atoms with Crippen molar-refractivity contribution in [3.63, 3.8) is 0 Å². The molecule has 5 nitrogen and oxygen atoms in total. The summed E-state index contributed by atoms with van der Waals surface area (Å²) in [5.74, 6) is 0.940. The van der Waals surface area contributed by atoms with E-state index < -0.39 is 0 Å². The molecule has 1 atom stereocenters. The zero-order valence-corrected chi connectivity index (χ0v) is 17.2. The van der Waals surface area contributed by atoms with E-state index in [2.05, 4.69) is 52.0 Å². The molecule has 0 radical (unpaired) electrons. The summed E-state index contributed by atoms with van der Waals surface area (Å²) >= 11 is 0. The molecule has 0 fully saturated rings. The largest absolute Gasteiger partial charge is 0.497 e. The lowest BCUT2D eigenvalue weighted by Gasteiger charge is -2.31. The van der Waals surface area contributed by atoms with Gasteiger partial charge in [-0.2, -0.15) is 0 Å². The number of benzene rings is 2. The van der Waals surface area contributed by atoms with Gasteiger partial charge in [-0.1, -0.05) is 30.4 Å². The monoisotopic (exact) mass is 391 g/mol. The number of fused-ring (bicyclic) bond motifs is 2. The van der Waals surface area contributed by atoms with Gasteiger partial charge in [-0.15, -0.1) is 0 Å². The standard InChI is InChI=1S/C24H29N3O2/c1-17-24(28)26-21-11-6-9-19(23(21)25-17)8-4-3-5-14-27-15-7-10-18-12-13-20(29-2)16-22(18)27/h4,6,8-9,11-13,16-17,25H,3,5,7,10,14-15H2,1-2H3,(H,26,28)/b8-4+/t17-/m0/s1. The second-order valence-corrected chi connectivity index (χ2v) is 7.75. The molecular formula is C24H29N3O2. The Hall–Kier alpha value is -2.95. The normalized spacial score (nSPS) is 18.1. The van der Waals surface area contributed by atoms with Crippen molar-refractivity contribution in [1.82, 2.24) is 0 Å². The summed E-state index contributed by atoms with van der Waals surface area (Å²) in [6, 6.07) is 12.2. The highest BCUT2D eigenvalue weighted by Gasteiger charge is 2.22. The predicted octanol–water partition coefficient (Wildman–Crippen LogP) is 4.69. The Balaban J connectivity index is 1.36. The van der Waals surface area contributed by atoms with Crippen molar-refractivity contribution in [3.8, 4) is 5.75 Å². The van der Waals surface area contributed by atoms with Crippen LogP contribution in [0.2, 0.25) is 0 Å². The van der Waals surface area contributed by atoms with Crippen LogP contribution >= 0.6 is 0 Å². The van der Waals surface area contributed by atoms with Gasteiger partial charge in [0.15, 0.2) is 0 Å². The van der Waals surface area contributed by atoms with Crippen LogP contribution in [-0.4, -0.2) is 32.1 Å². The number of anilines is 3. The summed E-state index contributed by atoms with van der Waals surface area (Å²) < 4.78 is 5.41. The molecule has 0 aliphatic carbocycles. The first-order chi connectivity index (χ1) is 14.2. The number of unbranched alkanes of at least 4 members (excludes halogenated alkanes) is 1. The van der Waals surface area contributed by atoms with Gasteiger partial charge in [0.2, 0.25) is 5.91 Å². The zero-order chi connectivity index (χ0) is 20.2. The number of para-hydroxylation sites is 1. The molecule has 2 aromatic rings. The number of ether oxygens (including phenoxy) is 1. The van der Waals surface area contributed by atoms with Crippen LogP contribution in [0.25, 0.3) is 6.08 Å². The zero-order valence-electron chi connectivity index (χ0n) is 17.2. The van der Waals surface area contributed by atoms with Crippen molar-refractivity contribution in [2.45, 2.75) is 38.6 Å². The molecule has 1 amide bonds. The number of hydrogen-bond donors (Lipinski definition) is 2. The lowest BCUT2D eigenvalue weighted by Crippen LogP contribution is -2.36. The van der Waals surface area contributed by atoms with Gasteiger partial charge in [0.1, 0.15) is 11.8 Å². The maximum Gasteiger partial charge on any atom is 0.246 e. The first-order valence-electron chi connectivity index (χ1n) is 10.4. The second-order valence-electron chi connectivity index (χ2n) is 7.75. The first-order valence-corrected chi connectivity index (χ1v) is 10.4. The van der Waals surface area contributed by atoms with E-state index in [0.29, 0.717) is 0 Å². The Morgan fingerprint density at radius 2 is 2.17 bits per heavy atom. The fraction of sp³-hybridized carbons (Fsp3) is 0.375. The number of carbonyl (C=O) groups excluding carboxylic acids is 1. The van der Waals surface area contributed by atoms with Gasteiger partial charge in [0, 0.05) is 24.8 Å². The Labute approximate surface area is 172 Å². The Kier molecular flexibility index (Phi) is 5.74. The number of methoxy groups -OCH3 is 1. The molecule has 0 aromatic heterocycles. The molecule has 0 unspecified atom stereocenters. The molecule has 29 heavy (non-hydrogen) atoms. The lowest BCUT2D eigenvalue weighted by molar-refractivity contribution is -0.116. The van der Waals surface area contributed by atoms with Gasteiger partial charge in [0.05, 0.1) is 18.5 Å². The van der Waals surface area contributed by atoms with Crippen molar-refractivity contribution in [1.29, 1.82) is 0 Å². The minimum absolute atomic E-state index is 0.0112. The molecule has 2 heterocycles. The molecule has 5 heteroatoms. The van der Waals surface area contributed by atoms with Crippen LogP contribution in [0, 0.1) is 0 Å². The molecular weight excluding hydrogens is 362 g/mol. The molecule has 4 rings (SSSR count). The third-order valence-electron chi connectivity index (χ3n) is 5.71. The van der Waals surface area contributed by atoms with Crippen LogP contribution in [0.15, 0.2) is 42.5 Å². The Bertz CT molecular complexity index is 922. The average molecular weight is 392 g/mol. The van der Waals surface area contributed by atoms with Crippen LogP contribution in [0.3, 0.4) is 0 Å². The topological polar surface area (TPSA) is 53.6 Å². The molecule has 2 aliphatic heterocycles. The summed E-state index contributed by atoms with van der Waals surface area (Å²) in [4.78, 5) is 14.3. The number of rotatable bonds is 6. The van der Waals surface area contributed by atoms with Crippen LogP contribution in [0.1, 0.15) is 37.3 Å². The molecule has 0 saturated carbocycles. The van der Waals surface area contributed by atoms with Crippen molar-refractivity contribution in [3.05, 3.63) is 53.6 Å². The maximum absolute atomic E-state index is 11.8. The van der Waals surface area contributed by atoms with E-state index in [1.807, 2.05) is 19.1 Å². The van der Waals surface area contributed by atoms with Gasteiger partial charge in [-0.05, 0) is 55.9 Å². The number of hydrogen-bond acceptors (Lipinski definition) is 4. The highest BCUT2D eigenvalue weighted by Crippen LogP contribution is 2.32. The van der Waals surface area contributed by atoms with Crippen LogP contribution in [0.4, 0.5) is 17.1 Å². The van der Waals surface area contributed by atoms with Crippen LogP contribution < -0.4 is 20.3 Å². The number of aryl methyl sites for hydroxylation is 1. The fourth-order valence-corrected chi connectivity index (χ4v) is 4.10. The first kappa shape index (κ1) is 19.4. The highest BCUT2D eigenvalue weighted by molar-refractivity contribution is 6.04. The van der Waals surface area contributed by atoms with Gasteiger partial charge < -0.3 is 20.3 Å². The lowest BCUT2D eigenvalue weighted by atomic mass is 10.0. The minimum Gasteiger partial charge on any atom is -0.497 e. The summed E-state index contributed by atoms with van der Waals surface area (Å²) in [6.07, 6.45) is 8.86. The highest BCUT2D eigenvalue weighted by atomic mass is 16.5. The number of allylic oxidation sites excluding steroid dienone is 1. The number of carbonyl (C=O) groups is 1. The van der Waals surface area contributed by atoms with E-state index in [1.54, 1.807) is 7.11 Å². The van der Waals surface area contributed by atoms with Crippen LogP contribution in [-0.2, 0) is 11.2 Å². The minimum atomic E-state index is -0.215. The number of nitrogens with zero attached hydrogens (tertiary/aromatic N) is 1. The maximum atomic E-state index is 11.8. The van der Waals surface area contributed by atoms with Crippen molar-refractivity contribution in [2.75, 3.05) is 35.7 Å². The van der Waals surface area contributed by atoms with E-state index in [9.17, 15) is 4.79 Å². The van der Waals surface area contributed by atoms with E-state index >= 15 is 0 Å². The predicted molar refractivity (Wildman–Crippen MR) is 120 cm³/mol. The van der Waals surface area contributed by atoms with Crippen LogP contribution in [0.5, 0.6) is 5.75 Å². The fourth-order valence-electron chi connectivity index (χ4n) is 4.10. The third kappa shape index (κ3) is 4.24. The average Bonchev–Trinajstić information content (AvgIpc) is 2.74. The van der Waals surface area contributed by atoms with Crippen molar-refractivity contribution >= 4 is 29.0 Å². The summed E-state index contributed by atoms with van der Waals surface area (Å²) in [5, 5.41) is 6.27. The van der Waals surface area contributed by atoms with E-state index in [-0.39, 0.29) is 11.9 Å². The second kappa shape index (κ2) is 8.60. The van der Waals surface area contributed by atoms with E-state index in [1.165, 1.54) is 17.7 Å². The van der Waals surface area contributed by atoms with Gasteiger partial charge in [-0.3, -0.25) is 4.79 Å². The molecule has 0 saturated heterocycles. The smallest absolute Gasteiger partial charge is 0.246 e. The molecule has 0 spiro atoms. The molecule has 152 valence electrons. The molecule has 2 aliphatic rings. The van der Waals surface area contributed by atoms with Gasteiger partial charge >= 0.3 is 0 Å². The van der Waals surface area contributed by atoms with E-state index in [0.717, 1.165) is 55.0 Å². The summed E-state index contributed by atoms with van der Waals surface area (Å²) in [7, 11) is 1.73. The van der Waals surface area contributed by atoms with Gasteiger partial charge in [-0.25, -0.2) is 0 Å². The van der Waals surface area contributed by atoms with Crippen molar-refractivity contribution < 1.29 is 9.53 Å².